The minimum absolute atomic E-state index is 0.0827. The fourth-order valence-electron chi connectivity index (χ4n) is 6.83. The summed E-state index contributed by atoms with van der Waals surface area (Å²) in [6.07, 6.45) is 2.73. The van der Waals surface area contributed by atoms with Crippen molar-refractivity contribution in [2.75, 3.05) is 19.8 Å². The number of carbonyl (C=O) groups is 4. The van der Waals surface area contributed by atoms with Crippen molar-refractivity contribution in [1.29, 1.82) is 0 Å². The van der Waals surface area contributed by atoms with Crippen LogP contribution in [0.15, 0.2) is 135 Å². The lowest BCUT2D eigenvalue weighted by Gasteiger charge is -2.24. The smallest absolute Gasteiger partial charge is 0.407 e. The molecule has 1 aliphatic rings. The second-order valence-corrected chi connectivity index (χ2v) is 13.5. The number of esters is 1. The zero-order valence-corrected chi connectivity index (χ0v) is 30.9. The third-order valence-electron chi connectivity index (χ3n) is 9.64. The predicted octanol–water partition coefficient (Wildman–Crippen LogP) is 6.56. The summed E-state index contributed by atoms with van der Waals surface area (Å²) in [5.41, 5.74) is 5.94. The fraction of sp³-hybridized carbons (Fsp3) is 0.289. The van der Waals surface area contributed by atoms with Gasteiger partial charge in [0.2, 0.25) is 11.8 Å². The van der Waals surface area contributed by atoms with Crippen LogP contribution in [0.25, 0.3) is 11.1 Å². The number of carbonyl (C=O) groups excluding carboxylic acids is 4. The average molecular weight is 744 g/mol. The Kier molecular flexibility index (Phi) is 14.9. The van der Waals surface area contributed by atoms with Crippen molar-refractivity contribution >= 4 is 23.9 Å². The van der Waals surface area contributed by atoms with E-state index in [1.165, 1.54) is 0 Å². The van der Waals surface area contributed by atoms with Gasteiger partial charge in [-0.3, -0.25) is 9.59 Å². The first kappa shape index (κ1) is 40.2. The lowest BCUT2D eigenvalue weighted by Crippen LogP contribution is -2.44. The number of hydrogen-bond donors (Lipinski definition) is 4. The molecule has 4 aromatic rings. The van der Waals surface area contributed by atoms with Gasteiger partial charge in [0.15, 0.2) is 0 Å². The van der Waals surface area contributed by atoms with Crippen molar-refractivity contribution in [3.8, 4) is 11.1 Å². The van der Waals surface area contributed by atoms with E-state index in [4.69, 9.17) is 9.47 Å². The minimum Gasteiger partial charge on any atom is -0.454 e. The maximum Gasteiger partial charge on any atom is 0.407 e. The topological polar surface area (TPSA) is 143 Å². The van der Waals surface area contributed by atoms with Crippen LogP contribution < -0.4 is 16.0 Å². The summed E-state index contributed by atoms with van der Waals surface area (Å²) in [5.74, 6) is -2.41. The molecule has 0 spiro atoms. The van der Waals surface area contributed by atoms with Gasteiger partial charge < -0.3 is 30.5 Å². The van der Waals surface area contributed by atoms with Crippen LogP contribution in [0.2, 0.25) is 0 Å². The molecular weight excluding hydrogens is 695 g/mol. The number of rotatable bonds is 20. The number of amides is 3. The summed E-state index contributed by atoms with van der Waals surface area (Å²) < 4.78 is 11.7. The van der Waals surface area contributed by atoms with Gasteiger partial charge in [-0.25, -0.2) is 9.59 Å². The van der Waals surface area contributed by atoms with Crippen LogP contribution >= 0.6 is 0 Å². The number of hydrogen-bond acceptors (Lipinski definition) is 7. The Labute approximate surface area is 322 Å². The van der Waals surface area contributed by atoms with Crippen LogP contribution in [0.1, 0.15) is 60.0 Å². The van der Waals surface area contributed by atoms with Crippen LogP contribution in [0.5, 0.6) is 0 Å². The van der Waals surface area contributed by atoms with Gasteiger partial charge in [-0.2, -0.15) is 0 Å². The third kappa shape index (κ3) is 11.3. The van der Waals surface area contributed by atoms with E-state index in [2.05, 4.69) is 41.2 Å². The largest absolute Gasteiger partial charge is 0.454 e. The fourth-order valence-corrected chi connectivity index (χ4v) is 6.83. The molecule has 5 rings (SSSR count). The first-order valence-corrected chi connectivity index (χ1v) is 18.6. The van der Waals surface area contributed by atoms with Crippen LogP contribution in [0, 0.1) is 5.92 Å². The summed E-state index contributed by atoms with van der Waals surface area (Å²) in [5, 5.41) is 18.3. The molecular formula is C45H49N3O7. The quantitative estimate of drug-likeness (QED) is 0.0593. The second-order valence-electron chi connectivity index (χ2n) is 13.5. The molecule has 55 heavy (non-hydrogen) atoms. The van der Waals surface area contributed by atoms with E-state index in [1.54, 1.807) is 36.4 Å². The van der Waals surface area contributed by atoms with Gasteiger partial charge in [0, 0.05) is 12.3 Å². The highest BCUT2D eigenvalue weighted by atomic mass is 16.6. The number of nitrogens with one attached hydrogen (secondary N) is 3. The molecule has 0 radical (unpaired) electrons. The molecule has 286 valence electrons. The Bertz CT molecular complexity index is 1870. The zero-order valence-electron chi connectivity index (χ0n) is 30.9. The number of ether oxygens (including phenoxy) is 2. The maximum atomic E-state index is 13.7. The van der Waals surface area contributed by atoms with E-state index in [9.17, 15) is 24.3 Å². The van der Waals surface area contributed by atoms with Gasteiger partial charge in [0.25, 0.3) is 0 Å². The van der Waals surface area contributed by atoms with E-state index in [1.807, 2.05) is 72.8 Å². The van der Waals surface area contributed by atoms with Crippen molar-refractivity contribution in [2.45, 2.75) is 56.2 Å². The monoisotopic (exact) mass is 743 g/mol. The number of allylic oxidation sites excluding steroid dienone is 2. The molecule has 4 atom stereocenters. The molecule has 4 unspecified atom stereocenters. The van der Waals surface area contributed by atoms with E-state index in [-0.39, 0.29) is 50.8 Å². The summed E-state index contributed by atoms with van der Waals surface area (Å²) in [6.45, 7) is 7.25. The molecule has 0 aromatic heterocycles. The van der Waals surface area contributed by atoms with Gasteiger partial charge in [-0.15, -0.1) is 13.2 Å². The van der Waals surface area contributed by atoms with Crippen molar-refractivity contribution in [1.82, 2.24) is 16.0 Å². The van der Waals surface area contributed by atoms with Crippen LogP contribution in [-0.2, 0) is 30.3 Å². The Balaban J connectivity index is 1.20. The SMILES string of the molecule is C=CCCC(NC(=O)OCC1c2ccccc2-c2ccccc21)C(=O)OC(CNC(=O)C(CC=C)CC(=O)NC(CO)Cc1ccccc1)c1ccccc1. The van der Waals surface area contributed by atoms with Crippen LogP contribution in [0.3, 0.4) is 0 Å². The molecule has 10 nitrogen and oxygen atoms in total. The Morgan fingerprint density at radius 1 is 0.782 bits per heavy atom. The van der Waals surface area contributed by atoms with Crippen LogP contribution in [0.4, 0.5) is 4.79 Å². The predicted molar refractivity (Wildman–Crippen MR) is 212 cm³/mol. The Morgan fingerprint density at radius 3 is 2.02 bits per heavy atom. The van der Waals surface area contributed by atoms with Crippen molar-refractivity contribution in [3.05, 3.63) is 157 Å². The Morgan fingerprint density at radius 2 is 1.40 bits per heavy atom. The summed E-state index contributed by atoms with van der Waals surface area (Å²) in [7, 11) is 0. The summed E-state index contributed by atoms with van der Waals surface area (Å²) in [6, 6.07) is 32.9. The molecule has 1 aliphatic carbocycles. The van der Waals surface area contributed by atoms with Gasteiger partial charge >= 0.3 is 12.1 Å². The van der Waals surface area contributed by atoms with Gasteiger partial charge in [-0.1, -0.05) is 121 Å². The normalized spacial score (nSPS) is 13.8. The number of benzene rings is 4. The van der Waals surface area contributed by atoms with Gasteiger partial charge in [0.05, 0.1) is 25.1 Å². The second kappa shape index (κ2) is 20.5. The van der Waals surface area contributed by atoms with E-state index in [0.29, 0.717) is 18.4 Å². The highest BCUT2D eigenvalue weighted by Crippen LogP contribution is 2.44. The standard InChI is InChI=1S/C45H49N3O7/c1-3-5-25-40(48-45(53)54-30-39-37-23-14-12-21-35(37)36-22-13-15-24-38(36)39)44(52)55-41(32-19-10-7-11-20-32)28-46-43(51)33(16-4-2)27-42(50)47-34(29-49)26-31-17-8-6-9-18-31/h3-4,6-15,17-24,33-34,39-41,49H,1-2,5,16,25-30H2,(H,46,51)(H,47,50)(H,48,53). The van der Waals surface area contributed by atoms with Gasteiger partial charge in [0.1, 0.15) is 18.8 Å². The molecule has 0 saturated heterocycles. The average Bonchev–Trinajstić information content (AvgIpc) is 3.53. The van der Waals surface area contributed by atoms with E-state index < -0.39 is 42.1 Å². The number of aliphatic hydroxyl groups is 1. The molecule has 4 aromatic carbocycles. The highest BCUT2D eigenvalue weighted by molar-refractivity contribution is 5.86. The molecule has 10 heteroatoms. The number of alkyl carbamates (subject to hydrolysis) is 1. The molecule has 0 bridgehead atoms. The summed E-state index contributed by atoms with van der Waals surface area (Å²) in [4.78, 5) is 53.4. The molecule has 0 heterocycles. The molecule has 4 N–H and O–H groups in total. The molecule has 0 fully saturated rings. The van der Waals surface area contributed by atoms with Crippen molar-refractivity contribution in [3.63, 3.8) is 0 Å². The van der Waals surface area contributed by atoms with Crippen molar-refractivity contribution < 1.29 is 33.8 Å². The van der Waals surface area contributed by atoms with Gasteiger partial charge in [-0.05, 0) is 59.1 Å². The molecule has 0 saturated carbocycles. The number of fused-ring (bicyclic) bond motifs is 3. The van der Waals surface area contributed by atoms with Crippen LogP contribution in [-0.4, -0.2) is 60.8 Å². The lowest BCUT2D eigenvalue weighted by atomic mass is 9.98. The van der Waals surface area contributed by atoms with E-state index in [0.717, 1.165) is 27.8 Å². The highest BCUT2D eigenvalue weighted by Gasteiger charge is 2.31. The zero-order chi connectivity index (χ0) is 39.0. The van der Waals surface area contributed by atoms with E-state index >= 15 is 0 Å². The molecule has 0 aliphatic heterocycles. The minimum atomic E-state index is -1.05. The summed E-state index contributed by atoms with van der Waals surface area (Å²) >= 11 is 0. The first-order valence-electron chi connectivity index (χ1n) is 18.6. The molecule has 3 amide bonds. The number of aliphatic hydroxyl groups excluding tert-OH is 1. The maximum absolute atomic E-state index is 13.7. The first-order chi connectivity index (χ1) is 26.8. The third-order valence-corrected chi connectivity index (χ3v) is 9.64. The Hall–Kier alpha value is -6.00. The lowest BCUT2D eigenvalue weighted by molar-refractivity contribution is -0.152. The van der Waals surface area contributed by atoms with Crippen molar-refractivity contribution in [2.24, 2.45) is 5.92 Å².